The first kappa shape index (κ1) is 60.0. The highest BCUT2D eigenvalue weighted by atomic mass is 16.5. The number of ether oxygens (including phenoxy) is 1. The number of allylic oxidation sites excluding steroid dienone is 14. The molecular formula is C57H99NO5. The van der Waals surface area contributed by atoms with Crippen LogP contribution in [0.3, 0.4) is 0 Å². The smallest absolute Gasteiger partial charge is 0.306 e. The average molecular weight is 878 g/mol. The van der Waals surface area contributed by atoms with Crippen LogP contribution in [0.15, 0.2) is 85.1 Å². The lowest BCUT2D eigenvalue weighted by Gasteiger charge is -2.24. The van der Waals surface area contributed by atoms with Crippen molar-refractivity contribution in [2.24, 2.45) is 0 Å². The SMILES string of the molecule is CCCCC/C=C\C/C=C\C/C=C\C/C=C\CCCC(CC(=O)NC(CO)C(O)CCCCCCCCCCCC)OC(=O)CCCCCC/C=C\C/C=C\C/C=C\CCCCC. The first-order valence-corrected chi connectivity index (χ1v) is 26.3. The molecule has 3 atom stereocenters. The fourth-order valence-electron chi connectivity index (χ4n) is 7.42. The molecule has 0 aliphatic carbocycles. The summed E-state index contributed by atoms with van der Waals surface area (Å²) in [5, 5.41) is 23.7. The maximum absolute atomic E-state index is 13.2. The van der Waals surface area contributed by atoms with Crippen molar-refractivity contribution < 1.29 is 24.5 Å². The molecule has 0 saturated heterocycles. The molecule has 0 rings (SSSR count). The molecule has 0 bridgehead atoms. The zero-order valence-corrected chi connectivity index (χ0v) is 41.2. The minimum atomic E-state index is -0.809. The number of amides is 1. The van der Waals surface area contributed by atoms with Crippen molar-refractivity contribution in [3.05, 3.63) is 85.1 Å². The van der Waals surface area contributed by atoms with E-state index in [2.05, 4.69) is 111 Å². The topological polar surface area (TPSA) is 95.9 Å². The highest BCUT2D eigenvalue weighted by molar-refractivity contribution is 5.77. The third-order valence-corrected chi connectivity index (χ3v) is 11.4. The van der Waals surface area contributed by atoms with Crippen LogP contribution in [0.25, 0.3) is 0 Å². The van der Waals surface area contributed by atoms with Crippen LogP contribution < -0.4 is 5.32 Å². The van der Waals surface area contributed by atoms with Crippen LogP contribution in [0, 0.1) is 0 Å². The van der Waals surface area contributed by atoms with Crippen molar-refractivity contribution in [1.29, 1.82) is 0 Å². The molecule has 3 N–H and O–H groups in total. The van der Waals surface area contributed by atoms with Crippen molar-refractivity contribution >= 4 is 11.9 Å². The largest absolute Gasteiger partial charge is 0.462 e. The molecule has 0 fully saturated rings. The summed E-state index contributed by atoms with van der Waals surface area (Å²) in [6.45, 7) is 6.39. The van der Waals surface area contributed by atoms with Crippen LogP contribution in [0.2, 0.25) is 0 Å². The summed E-state index contributed by atoms with van der Waals surface area (Å²) in [7, 11) is 0. The summed E-state index contributed by atoms with van der Waals surface area (Å²) in [6.07, 6.45) is 65.0. The molecule has 0 aromatic heterocycles. The highest BCUT2D eigenvalue weighted by Crippen LogP contribution is 2.16. The number of nitrogens with one attached hydrogen (secondary N) is 1. The Kier molecular flexibility index (Phi) is 47.7. The third-order valence-electron chi connectivity index (χ3n) is 11.4. The number of hydrogen-bond acceptors (Lipinski definition) is 5. The van der Waals surface area contributed by atoms with Crippen molar-refractivity contribution in [3.63, 3.8) is 0 Å². The molecule has 362 valence electrons. The lowest BCUT2D eigenvalue weighted by Crippen LogP contribution is -2.46. The molecule has 0 radical (unpaired) electrons. The van der Waals surface area contributed by atoms with Gasteiger partial charge in [-0.05, 0) is 103 Å². The second-order valence-electron chi connectivity index (χ2n) is 17.6. The van der Waals surface area contributed by atoms with Gasteiger partial charge in [-0.25, -0.2) is 0 Å². The fraction of sp³-hybridized carbons (Fsp3) is 0.719. The third kappa shape index (κ3) is 45.4. The van der Waals surface area contributed by atoms with Crippen molar-refractivity contribution in [2.45, 2.75) is 257 Å². The van der Waals surface area contributed by atoms with Gasteiger partial charge in [-0.2, -0.15) is 0 Å². The number of aliphatic hydroxyl groups is 2. The summed E-state index contributed by atoms with van der Waals surface area (Å²) < 4.78 is 5.90. The molecule has 1 amide bonds. The van der Waals surface area contributed by atoms with Crippen molar-refractivity contribution in [2.75, 3.05) is 6.61 Å². The molecule has 0 aliphatic heterocycles. The minimum Gasteiger partial charge on any atom is -0.462 e. The molecule has 0 aromatic carbocycles. The van der Waals surface area contributed by atoms with E-state index in [-0.39, 0.29) is 24.9 Å². The first-order valence-electron chi connectivity index (χ1n) is 26.3. The van der Waals surface area contributed by atoms with Crippen LogP contribution in [0.4, 0.5) is 0 Å². The van der Waals surface area contributed by atoms with Gasteiger partial charge >= 0.3 is 5.97 Å². The van der Waals surface area contributed by atoms with Crippen LogP contribution >= 0.6 is 0 Å². The van der Waals surface area contributed by atoms with Gasteiger partial charge in [0.1, 0.15) is 6.10 Å². The number of hydrogen-bond donors (Lipinski definition) is 3. The normalized spacial score (nSPS) is 13.9. The van der Waals surface area contributed by atoms with Crippen LogP contribution in [0.1, 0.15) is 239 Å². The predicted octanol–water partition coefficient (Wildman–Crippen LogP) is 16.0. The van der Waals surface area contributed by atoms with Gasteiger partial charge in [-0.3, -0.25) is 9.59 Å². The Hall–Kier alpha value is -2.96. The van der Waals surface area contributed by atoms with Gasteiger partial charge < -0.3 is 20.3 Å². The van der Waals surface area contributed by atoms with Gasteiger partial charge in [0.2, 0.25) is 5.91 Å². The van der Waals surface area contributed by atoms with Crippen molar-refractivity contribution in [1.82, 2.24) is 5.32 Å². The van der Waals surface area contributed by atoms with E-state index in [9.17, 15) is 19.8 Å². The van der Waals surface area contributed by atoms with E-state index in [1.165, 1.54) is 96.3 Å². The van der Waals surface area contributed by atoms with E-state index in [0.717, 1.165) is 96.3 Å². The van der Waals surface area contributed by atoms with E-state index in [4.69, 9.17) is 4.74 Å². The molecule has 0 aliphatic rings. The second-order valence-corrected chi connectivity index (χ2v) is 17.6. The lowest BCUT2D eigenvalue weighted by molar-refractivity contribution is -0.151. The van der Waals surface area contributed by atoms with Gasteiger partial charge in [0.15, 0.2) is 0 Å². The summed E-state index contributed by atoms with van der Waals surface area (Å²) in [5.41, 5.74) is 0. The van der Waals surface area contributed by atoms with Gasteiger partial charge in [0.05, 0.1) is 25.2 Å². The predicted molar refractivity (Wildman–Crippen MR) is 273 cm³/mol. The van der Waals surface area contributed by atoms with Gasteiger partial charge in [-0.1, -0.05) is 209 Å². The van der Waals surface area contributed by atoms with Crippen molar-refractivity contribution in [3.8, 4) is 0 Å². The Balaban J connectivity index is 4.74. The highest BCUT2D eigenvalue weighted by Gasteiger charge is 2.24. The van der Waals surface area contributed by atoms with E-state index in [1.54, 1.807) is 0 Å². The second kappa shape index (κ2) is 50.0. The standard InChI is InChI=1S/C57H99NO5/c1-4-7-10-13-16-19-22-24-26-28-30-32-34-36-39-42-45-48-53(51-56(61)58-54(52-59)55(60)49-46-43-40-37-21-18-15-12-9-6-3)63-57(62)50-47-44-41-38-35-33-31-29-27-25-23-20-17-14-11-8-5-2/h16-17,19-20,24-27,30-33,36,39,53-55,59-60H,4-15,18,21-23,28-29,34-35,37-38,40-52H2,1-3H3,(H,58,61)/b19-16-,20-17-,26-24-,27-25-,32-30-,33-31-,39-36-. The number of unbranched alkanes of at least 4 members (excludes halogenated alkanes) is 20. The van der Waals surface area contributed by atoms with Crippen LogP contribution in [0.5, 0.6) is 0 Å². The Bertz CT molecular complexity index is 1210. The number of rotatable bonds is 46. The Labute approximate surface area is 389 Å². The van der Waals surface area contributed by atoms with Gasteiger partial charge in [0, 0.05) is 6.42 Å². The monoisotopic (exact) mass is 878 g/mol. The van der Waals surface area contributed by atoms with E-state index < -0.39 is 18.2 Å². The van der Waals surface area contributed by atoms with E-state index in [0.29, 0.717) is 19.3 Å². The fourth-order valence-corrected chi connectivity index (χ4v) is 7.42. The molecule has 0 saturated carbocycles. The number of esters is 1. The molecular weight excluding hydrogens is 779 g/mol. The summed E-state index contributed by atoms with van der Waals surface area (Å²) in [6, 6.07) is -0.727. The number of aliphatic hydroxyl groups excluding tert-OH is 2. The maximum Gasteiger partial charge on any atom is 0.306 e. The minimum absolute atomic E-state index is 0.0269. The summed E-state index contributed by atoms with van der Waals surface area (Å²) in [4.78, 5) is 26.1. The molecule has 6 nitrogen and oxygen atoms in total. The van der Waals surface area contributed by atoms with Gasteiger partial charge in [0.25, 0.3) is 0 Å². The number of carbonyl (C=O) groups is 2. The van der Waals surface area contributed by atoms with Crippen LogP contribution in [-0.2, 0) is 14.3 Å². The molecule has 0 aromatic rings. The Morgan fingerprint density at radius 2 is 0.825 bits per heavy atom. The zero-order valence-electron chi connectivity index (χ0n) is 41.2. The lowest BCUT2D eigenvalue weighted by atomic mass is 10.0. The molecule has 3 unspecified atom stereocenters. The molecule has 0 heterocycles. The zero-order chi connectivity index (χ0) is 45.9. The van der Waals surface area contributed by atoms with Gasteiger partial charge in [-0.15, -0.1) is 0 Å². The molecule has 63 heavy (non-hydrogen) atoms. The summed E-state index contributed by atoms with van der Waals surface area (Å²) in [5.74, 6) is -0.558. The molecule has 6 heteroatoms. The van der Waals surface area contributed by atoms with E-state index >= 15 is 0 Å². The number of carbonyl (C=O) groups excluding carboxylic acids is 2. The quantitative estimate of drug-likeness (QED) is 0.0322. The molecule has 0 spiro atoms. The van der Waals surface area contributed by atoms with E-state index in [1.807, 2.05) is 0 Å². The van der Waals surface area contributed by atoms with Crippen LogP contribution in [-0.4, -0.2) is 46.9 Å². The first-order chi connectivity index (χ1) is 31.0. The summed E-state index contributed by atoms with van der Waals surface area (Å²) >= 11 is 0. The maximum atomic E-state index is 13.2. The Morgan fingerprint density at radius 1 is 0.460 bits per heavy atom. The Morgan fingerprint density at radius 3 is 1.29 bits per heavy atom. The average Bonchev–Trinajstić information content (AvgIpc) is 3.28.